The van der Waals surface area contributed by atoms with Crippen LogP contribution in [-0.2, 0) is 16.1 Å². The number of ether oxygens (including phenoxy) is 1. The van der Waals surface area contributed by atoms with Crippen LogP contribution in [0.25, 0.3) is 0 Å². The van der Waals surface area contributed by atoms with E-state index in [9.17, 15) is 22.4 Å². The summed E-state index contributed by atoms with van der Waals surface area (Å²) in [4.78, 5) is 12.1. The molecule has 1 aliphatic carbocycles. The second-order valence-electron chi connectivity index (χ2n) is 6.55. The third-order valence-corrected chi connectivity index (χ3v) is 4.63. The monoisotopic (exact) mass is 364 g/mol. The van der Waals surface area contributed by atoms with E-state index in [4.69, 9.17) is 16.3 Å². The molecule has 24 heavy (non-hydrogen) atoms. The number of halogens is 5. The molecular formula is C17H17ClF4O2. The van der Waals surface area contributed by atoms with Gasteiger partial charge in [-0.3, -0.25) is 4.79 Å². The lowest BCUT2D eigenvalue weighted by Crippen LogP contribution is -2.14. The lowest BCUT2D eigenvalue weighted by Gasteiger charge is -2.10. The summed E-state index contributed by atoms with van der Waals surface area (Å²) < 4.78 is 59.5. The van der Waals surface area contributed by atoms with Crippen LogP contribution in [0.3, 0.4) is 0 Å². The SMILES string of the molecule is C/C(Cl)=C/C1C(C(=O)OCc2c(F)c(F)c(C)c(F)c2F)C1(C)C. The van der Waals surface area contributed by atoms with Gasteiger partial charge in [-0.05, 0) is 25.2 Å². The van der Waals surface area contributed by atoms with Crippen LogP contribution < -0.4 is 0 Å². The molecule has 0 heterocycles. The minimum atomic E-state index is -1.55. The summed E-state index contributed by atoms with van der Waals surface area (Å²) in [6, 6.07) is 0. The van der Waals surface area contributed by atoms with Crippen LogP contribution in [0.4, 0.5) is 17.6 Å². The molecule has 0 N–H and O–H groups in total. The molecule has 2 rings (SSSR count). The summed E-state index contributed by atoms with van der Waals surface area (Å²) >= 11 is 5.80. The predicted octanol–water partition coefficient (Wildman–Crippen LogP) is 5.01. The van der Waals surface area contributed by atoms with Crippen molar-refractivity contribution in [3.05, 3.63) is 45.5 Å². The van der Waals surface area contributed by atoms with Crippen molar-refractivity contribution in [3.8, 4) is 0 Å². The van der Waals surface area contributed by atoms with Crippen molar-refractivity contribution in [3.63, 3.8) is 0 Å². The Bertz CT molecular complexity index is 695. The van der Waals surface area contributed by atoms with E-state index in [0.29, 0.717) is 5.03 Å². The van der Waals surface area contributed by atoms with E-state index in [0.717, 1.165) is 6.92 Å². The molecule has 2 nitrogen and oxygen atoms in total. The number of benzene rings is 1. The molecule has 1 saturated carbocycles. The van der Waals surface area contributed by atoms with Gasteiger partial charge < -0.3 is 4.74 Å². The van der Waals surface area contributed by atoms with Gasteiger partial charge in [0.1, 0.15) is 6.61 Å². The van der Waals surface area contributed by atoms with Crippen LogP contribution in [0.1, 0.15) is 31.9 Å². The van der Waals surface area contributed by atoms with Crippen molar-refractivity contribution >= 4 is 17.6 Å². The second-order valence-corrected chi connectivity index (χ2v) is 7.14. The fourth-order valence-electron chi connectivity index (χ4n) is 2.83. The molecule has 0 radical (unpaired) electrons. The summed E-state index contributed by atoms with van der Waals surface area (Å²) in [6.07, 6.45) is 1.71. The number of hydrogen-bond donors (Lipinski definition) is 0. The normalized spacial score (nSPS) is 22.5. The highest BCUT2D eigenvalue weighted by atomic mass is 35.5. The average Bonchev–Trinajstić information content (AvgIpc) is 3.02. The van der Waals surface area contributed by atoms with Crippen molar-refractivity contribution < 1.29 is 27.1 Å². The molecule has 2 unspecified atom stereocenters. The Morgan fingerprint density at radius 3 is 2.12 bits per heavy atom. The van der Waals surface area contributed by atoms with Crippen LogP contribution in [0, 0.1) is 47.4 Å². The highest BCUT2D eigenvalue weighted by molar-refractivity contribution is 6.29. The zero-order valence-electron chi connectivity index (χ0n) is 13.6. The molecule has 1 aliphatic rings. The zero-order chi connectivity index (χ0) is 18.4. The minimum Gasteiger partial charge on any atom is -0.460 e. The molecule has 0 spiro atoms. The van der Waals surface area contributed by atoms with Crippen LogP contribution in [0.2, 0.25) is 0 Å². The second kappa shape index (κ2) is 6.39. The molecule has 1 aromatic carbocycles. The topological polar surface area (TPSA) is 26.3 Å². The molecule has 0 bridgehead atoms. The molecule has 7 heteroatoms. The lowest BCUT2D eigenvalue weighted by molar-refractivity contribution is -0.147. The number of esters is 1. The van der Waals surface area contributed by atoms with Crippen LogP contribution in [0.5, 0.6) is 0 Å². The first-order valence-corrected chi connectivity index (χ1v) is 7.69. The van der Waals surface area contributed by atoms with Crippen LogP contribution >= 0.6 is 11.6 Å². The van der Waals surface area contributed by atoms with Gasteiger partial charge in [-0.15, -0.1) is 0 Å². The smallest absolute Gasteiger partial charge is 0.310 e. The van der Waals surface area contributed by atoms with Crippen LogP contribution in [0.15, 0.2) is 11.1 Å². The molecular weight excluding hydrogens is 348 g/mol. The Balaban J connectivity index is 2.16. The molecule has 2 atom stereocenters. The van der Waals surface area contributed by atoms with Crippen molar-refractivity contribution in [2.45, 2.75) is 34.3 Å². The van der Waals surface area contributed by atoms with E-state index in [2.05, 4.69) is 0 Å². The number of rotatable bonds is 4. The Morgan fingerprint density at radius 1 is 1.17 bits per heavy atom. The van der Waals surface area contributed by atoms with Gasteiger partial charge in [0.05, 0.1) is 11.5 Å². The van der Waals surface area contributed by atoms with Gasteiger partial charge in [-0.1, -0.05) is 31.5 Å². The van der Waals surface area contributed by atoms with E-state index in [1.807, 2.05) is 13.8 Å². The fourth-order valence-corrected chi connectivity index (χ4v) is 2.97. The lowest BCUT2D eigenvalue weighted by atomic mass is 10.1. The van der Waals surface area contributed by atoms with Crippen molar-refractivity contribution in [1.82, 2.24) is 0 Å². The third kappa shape index (κ3) is 3.16. The van der Waals surface area contributed by atoms with Crippen LogP contribution in [-0.4, -0.2) is 5.97 Å². The van der Waals surface area contributed by atoms with Gasteiger partial charge in [0.25, 0.3) is 0 Å². The maximum Gasteiger partial charge on any atom is 0.310 e. The fraction of sp³-hybridized carbons (Fsp3) is 0.471. The summed E-state index contributed by atoms with van der Waals surface area (Å²) in [5, 5.41) is 0.517. The summed E-state index contributed by atoms with van der Waals surface area (Å²) in [5.41, 5.74) is -2.11. The molecule has 1 aromatic rings. The molecule has 0 aliphatic heterocycles. The number of carbonyl (C=O) groups is 1. The molecule has 1 fully saturated rings. The summed E-state index contributed by atoms with van der Waals surface area (Å²) in [5.74, 6) is -7.49. The van der Waals surface area contributed by atoms with Gasteiger partial charge in [0, 0.05) is 10.6 Å². The Kier molecular flexibility index (Phi) is 5.00. The van der Waals surface area contributed by atoms with Crippen molar-refractivity contribution in [2.75, 3.05) is 0 Å². The van der Waals surface area contributed by atoms with Gasteiger partial charge in [0.2, 0.25) is 0 Å². The van der Waals surface area contributed by atoms with E-state index < -0.39 is 58.3 Å². The predicted molar refractivity (Wildman–Crippen MR) is 81.2 cm³/mol. The summed E-state index contributed by atoms with van der Waals surface area (Å²) in [6.45, 7) is 5.36. The molecule has 132 valence electrons. The first-order chi connectivity index (χ1) is 11.0. The van der Waals surface area contributed by atoms with Gasteiger partial charge in [-0.25, -0.2) is 17.6 Å². The molecule has 0 saturated heterocycles. The Morgan fingerprint density at radius 2 is 1.67 bits per heavy atom. The highest BCUT2D eigenvalue weighted by Gasteiger charge is 2.61. The standard InChI is InChI=1S/C17H17ClF4O2/c1-7(18)5-10-11(17(10,3)4)16(23)24-6-9-14(21)12(19)8(2)13(20)15(9)22/h5,10-11H,6H2,1-4H3/b7-5-. The third-order valence-electron chi connectivity index (χ3n) is 4.51. The van der Waals surface area contributed by atoms with Gasteiger partial charge in [0.15, 0.2) is 23.3 Å². The van der Waals surface area contributed by atoms with Gasteiger partial charge >= 0.3 is 5.97 Å². The van der Waals surface area contributed by atoms with E-state index in [1.54, 1.807) is 13.0 Å². The van der Waals surface area contributed by atoms with Crippen molar-refractivity contribution in [2.24, 2.45) is 17.3 Å². The zero-order valence-corrected chi connectivity index (χ0v) is 14.4. The maximum atomic E-state index is 13.8. The average molecular weight is 365 g/mol. The first-order valence-electron chi connectivity index (χ1n) is 7.32. The van der Waals surface area contributed by atoms with Crippen molar-refractivity contribution in [1.29, 1.82) is 0 Å². The Labute approximate surface area is 142 Å². The largest absolute Gasteiger partial charge is 0.460 e. The van der Waals surface area contributed by atoms with E-state index >= 15 is 0 Å². The molecule has 0 amide bonds. The minimum absolute atomic E-state index is 0.163. The highest BCUT2D eigenvalue weighted by Crippen LogP contribution is 2.60. The van der Waals surface area contributed by atoms with Gasteiger partial charge in [-0.2, -0.15) is 0 Å². The number of carbonyl (C=O) groups excluding carboxylic acids is 1. The Hall–Kier alpha value is -1.56. The number of allylic oxidation sites excluding steroid dienone is 2. The molecule has 0 aromatic heterocycles. The summed E-state index contributed by atoms with van der Waals surface area (Å²) in [7, 11) is 0. The van der Waals surface area contributed by atoms with E-state index in [-0.39, 0.29) is 5.92 Å². The first kappa shape index (κ1) is 18.8. The quantitative estimate of drug-likeness (QED) is 0.426. The maximum absolute atomic E-state index is 13.8. The van der Waals surface area contributed by atoms with E-state index in [1.165, 1.54) is 0 Å². The number of hydrogen-bond acceptors (Lipinski definition) is 2.